The van der Waals surface area contributed by atoms with Gasteiger partial charge in [0.25, 0.3) is 0 Å². The third kappa shape index (κ3) is 4.43. The van der Waals surface area contributed by atoms with E-state index in [1.54, 1.807) is 0 Å². The van der Waals surface area contributed by atoms with Crippen molar-refractivity contribution < 1.29 is 29.1 Å². The molecule has 0 bridgehead atoms. The molecule has 1 saturated carbocycles. The summed E-state index contributed by atoms with van der Waals surface area (Å²) in [6, 6.07) is -2.36. The van der Waals surface area contributed by atoms with Gasteiger partial charge in [-0.15, -0.1) is 0 Å². The Labute approximate surface area is 137 Å². The summed E-state index contributed by atoms with van der Waals surface area (Å²) >= 11 is 0. The van der Waals surface area contributed by atoms with Crippen molar-refractivity contribution in [2.24, 2.45) is 0 Å². The zero-order valence-corrected chi connectivity index (χ0v) is 13.5. The molecule has 0 radical (unpaired) electrons. The minimum atomic E-state index is -1.22. The molecule has 24 heavy (non-hydrogen) atoms. The Kier molecular flexibility index (Phi) is 7.14. The predicted octanol–water partition coefficient (Wildman–Crippen LogP) is 1.60. The van der Waals surface area contributed by atoms with E-state index in [0.717, 1.165) is 0 Å². The number of ether oxygens (including phenoxy) is 2. The Morgan fingerprint density at radius 1 is 0.917 bits per heavy atom. The van der Waals surface area contributed by atoms with Crippen molar-refractivity contribution in [3.63, 3.8) is 0 Å². The first-order valence-corrected chi connectivity index (χ1v) is 7.55. The fourth-order valence-electron chi connectivity index (χ4n) is 2.69. The fraction of sp³-hybridized carbons (Fsp3) is 0.833. The predicted molar refractivity (Wildman–Crippen MR) is 77.8 cm³/mol. The maximum absolute atomic E-state index is 11.9. The summed E-state index contributed by atoms with van der Waals surface area (Å²) in [7, 11) is 0. The van der Waals surface area contributed by atoms with E-state index in [1.807, 2.05) is 0 Å². The Hall–Kier alpha value is -2.66. The smallest absolute Gasteiger partial charge is 0.446 e. The normalized spacial score (nSPS) is 19.9. The van der Waals surface area contributed by atoms with Crippen molar-refractivity contribution in [2.45, 2.75) is 51.6 Å². The lowest BCUT2D eigenvalue weighted by molar-refractivity contribution is -0.668. The van der Waals surface area contributed by atoms with Crippen LogP contribution >= 0.6 is 0 Å². The maximum atomic E-state index is 11.9. The van der Waals surface area contributed by atoms with Gasteiger partial charge in [0.2, 0.25) is 0 Å². The van der Waals surface area contributed by atoms with Crippen molar-refractivity contribution in [3.8, 4) is 0 Å². The molecule has 12 nitrogen and oxygen atoms in total. The van der Waals surface area contributed by atoms with Gasteiger partial charge in [-0.1, -0.05) is 12.8 Å². The molecule has 0 spiro atoms. The first-order chi connectivity index (χ1) is 11.3. The lowest BCUT2D eigenvalue weighted by atomic mass is 9.89. The highest BCUT2D eigenvalue weighted by Crippen LogP contribution is 2.28. The molecule has 0 saturated heterocycles. The Morgan fingerprint density at radius 2 is 1.25 bits per heavy atom. The summed E-state index contributed by atoms with van der Waals surface area (Å²) in [5, 5.41) is 21.1. The number of carbonyl (C=O) groups excluding carboxylic acids is 2. The minimum absolute atomic E-state index is 0.0859. The van der Waals surface area contributed by atoms with Crippen molar-refractivity contribution in [2.75, 3.05) is 13.2 Å². The van der Waals surface area contributed by atoms with Crippen LogP contribution in [0, 0.1) is 20.2 Å². The number of carbonyl (C=O) groups is 2. The van der Waals surface area contributed by atoms with Gasteiger partial charge in [0.05, 0.1) is 13.2 Å². The second-order valence-electron chi connectivity index (χ2n) is 4.98. The van der Waals surface area contributed by atoms with Crippen LogP contribution in [0.4, 0.5) is 9.59 Å². The lowest BCUT2D eigenvalue weighted by Crippen LogP contribution is -2.59. The maximum Gasteiger partial charge on any atom is 0.468 e. The average Bonchev–Trinajstić information content (AvgIpc) is 2.49. The summed E-state index contributed by atoms with van der Waals surface area (Å²) < 4.78 is 9.31. The number of hydrogen-bond donors (Lipinski definition) is 0. The number of hydrogen-bond acceptors (Lipinski definition) is 8. The summed E-state index contributed by atoms with van der Waals surface area (Å²) in [5.41, 5.74) is 0. The fourth-order valence-corrected chi connectivity index (χ4v) is 2.69. The van der Waals surface area contributed by atoms with E-state index >= 15 is 0 Å². The standard InChI is InChI=1S/C12H20N4O8/c1-3-23-11(17)13(15(19)20)9-7-5-6-8-10(9)14(16(21)22)12(18)24-4-2/h9-10H,3-8H2,1-2H3. The molecular formula is C12H20N4O8. The van der Waals surface area contributed by atoms with Crippen LogP contribution in [0.3, 0.4) is 0 Å². The summed E-state index contributed by atoms with van der Waals surface area (Å²) in [6.07, 6.45) is -1.11. The van der Waals surface area contributed by atoms with Gasteiger partial charge in [0, 0.05) is 0 Å². The Balaban J connectivity index is 3.16. The SMILES string of the molecule is CCOC(=O)N(C1CCCCC1N(C(=O)OCC)[N+](=O)[O-])[N+](=O)[O-]. The largest absolute Gasteiger partial charge is 0.468 e. The van der Waals surface area contributed by atoms with Crippen LogP contribution in [0.2, 0.25) is 0 Å². The van der Waals surface area contributed by atoms with Gasteiger partial charge < -0.3 is 9.47 Å². The van der Waals surface area contributed by atoms with E-state index in [-0.39, 0.29) is 36.1 Å². The van der Waals surface area contributed by atoms with Gasteiger partial charge in [-0.2, -0.15) is 0 Å². The van der Waals surface area contributed by atoms with E-state index in [9.17, 15) is 29.8 Å². The minimum Gasteiger partial charge on any atom is -0.446 e. The van der Waals surface area contributed by atoms with E-state index < -0.39 is 34.3 Å². The van der Waals surface area contributed by atoms with E-state index in [1.165, 1.54) is 13.8 Å². The second-order valence-corrected chi connectivity index (χ2v) is 4.98. The Morgan fingerprint density at radius 3 is 1.50 bits per heavy atom. The van der Waals surface area contributed by atoms with Crippen LogP contribution in [0.25, 0.3) is 0 Å². The first kappa shape index (κ1) is 19.4. The highest BCUT2D eigenvalue weighted by atomic mass is 16.7. The molecule has 2 amide bonds. The summed E-state index contributed by atoms with van der Waals surface area (Å²) in [4.78, 5) is 46.3. The van der Waals surface area contributed by atoms with Crippen molar-refractivity contribution in [3.05, 3.63) is 20.2 Å². The van der Waals surface area contributed by atoms with Gasteiger partial charge in [-0.3, -0.25) is 0 Å². The summed E-state index contributed by atoms with van der Waals surface area (Å²) in [6.45, 7) is 2.79. The van der Waals surface area contributed by atoms with Gasteiger partial charge in [0.1, 0.15) is 12.1 Å². The van der Waals surface area contributed by atoms with E-state index in [4.69, 9.17) is 0 Å². The van der Waals surface area contributed by atoms with Gasteiger partial charge in [-0.25, -0.2) is 29.8 Å². The highest BCUT2D eigenvalue weighted by molar-refractivity contribution is 5.68. The quantitative estimate of drug-likeness (QED) is 0.519. The van der Waals surface area contributed by atoms with Crippen LogP contribution in [0.5, 0.6) is 0 Å². The Bertz CT molecular complexity index is 455. The van der Waals surface area contributed by atoms with Gasteiger partial charge in [0.15, 0.2) is 10.1 Å². The van der Waals surface area contributed by atoms with E-state index in [2.05, 4.69) is 9.47 Å². The van der Waals surface area contributed by atoms with Crippen molar-refractivity contribution in [1.29, 1.82) is 0 Å². The van der Waals surface area contributed by atoms with E-state index in [0.29, 0.717) is 12.8 Å². The monoisotopic (exact) mass is 348 g/mol. The number of rotatable bonds is 6. The number of amides is 2. The third-order valence-electron chi connectivity index (χ3n) is 3.58. The average molecular weight is 348 g/mol. The molecule has 1 rings (SSSR count). The molecule has 0 aromatic heterocycles. The molecule has 2 atom stereocenters. The number of nitro groups is 2. The summed E-state index contributed by atoms with van der Waals surface area (Å²) in [5.74, 6) is 0. The van der Waals surface area contributed by atoms with Gasteiger partial charge in [-0.05, 0) is 36.7 Å². The molecule has 1 aliphatic carbocycles. The lowest BCUT2D eigenvalue weighted by Gasteiger charge is -2.34. The molecular weight excluding hydrogens is 328 g/mol. The molecule has 12 heteroatoms. The number of hydrazine groups is 2. The van der Waals surface area contributed by atoms with Crippen molar-refractivity contribution >= 4 is 12.2 Å². The zero-order valence-electron chi connectivity index (χ0n) is 13.5. The first-order valence-electron chi connectivity index (χ1n) is 7.55. The molecule has 0 aromatic rings. The molecule has 0 aromatic carbocycles. The molecule has 0 aliphatic heterocycles. The number of nitrogens with zero attached hydrogens (tertiary/aromatic N) is 4. The highest BCUT2D eigenvalue weighted by Gasteiger charge is 2.50. The molecule has 1 aliphatic rings. The molecule has 1 fully saturated rings. The van der Waals surface area contributed by atoms with Crippen molar-refractivity contribution in [1.82, 2.24) is 10.0 Å². The van der Waals surface area contributed by atoms with Crippen LogP contribution in [-0.2, 0) is 9.47 Å². The molecule has 0 N–H and O–H groups in total. The van der Waals surface area contributed by atoms with Crippen LogP contribution in [0.1, 0.15) is 39.5 Å². The van der Waals surface area contributed by atoms with Crippen LogP contribution in [-0.4, -0.2) is 57.6 Å². The van der Waals surface area contributed by atoms with Gasteiger partial charge >= 0.3 is 12.2 Å². The second kappa shape index (κ2) is 8.84. The molecule has 2 unspecified atom stereocenters. The molecule has 0 heterocycles. The molecule has 136 valence electrons. The topological polar surface area (TPSA) is 145 Å². The van der Waals surface area contributed by atoms with Crippen LogP contribution in [0.15, 0.2) is 0 Å². The third-order valence-corrected chi connectivity index (χ3v) is 3.58. The van der Waals surface area contributed by atoms with Crippen LogP contribution < -0.4 is 0 Å². The zero-order chi connectivity index (χ0) is 18.3.